The second-order valence-electron chi connectivity index (χ2n) is 4.89. The fourth-order valence-electron chi connectivity index (χ4n) is 1.92. The third-order valence-corrected chi connectivity index (χ3v) is 3.47. The molecule has 1 aliphatic heterocycles. The molecule has 0 radical (unpaired) electrons. The van der Waals surface area contributed by atoms with Crippen LogP contribution in [-0.4, -0.2) is 48.1 Å². The third kappa shape index (κ3) is 3.48. The lowest BCUT2D eigenvalue weighted by Gasteiger charge is -2.40. The SMILES string of the molecule is CC(=CCl)CN1CCN(C(C)(C)C#N)CC1. The van der Waals surface area contributed by atoms with Gasteiger partial charge in [0.05, 0.1) is 6.07 Å². The molecule has 0 aliphatic carbocycles. The number of nitrogens with zero attached hydrogens (tertiary/aromatic N) is 3. The van der Waals surface area contributed by atoms with Gasteiger partial charge in [0.2, 0.25) is 0 Å². The van der Waals surface area contributed by atoms with Gasteiger partial charge in [0.1, 0.15) is 5.54 Å². The Morgan fingerprint density at radius 3 is 2.38 bits per heavy atom. The number of nitriles is 1. The third-order valence-electron chi connectivity index (χ3n) is 3.10. The Balaban J connectivity index is 2.43. The Morgan fingerprint density at radius 1 is 1.38 bits per heavy atom. The van der Waals surface area contributed by atoms with Gasteiger partial charge < -0.3 is 0 Å². The molecule has 0 N–H and O–H groups in total. The van der Waals surface area contributed by atoms with Crippen molar-refractivity contribution in [3.05, 3.63) is 11.1 Å². The predicted molar refractivity (Wildman–Crippen MR) is 67.3 cm³/mol. The van der Waals surface area contributed by atoms with Gasteiger partial charge in [-0.05, 0) is 26.3 Å². The van der Waals surface area contributed by atoms with Crippen molar-refractivity contribution < 1.29 is 0 Å². The van der Waals surface area contributed by atoms with Crippen LogP contribution in [0.25, 0.3) is 0 Å². The van der Waals surface area contributed by atoms with E-state index in [1.807, 2.05) is 20.8 Å². The summed E-state index contributed by atoms with van der Waals surface area (Å²) in [6, 6.07) is 2.35. The van der Waals surface area contributed by atoms with Crippen molar-refractivity contribution in [2.75, 3.05) is 32.7 Å². The number of rotatable bonds is 3. The Labute approximate surface area is 103 Å². The molecule has 0 aromatic rings. The molecule has 1 rings (SSSR count). The molecule has 16 heavy (non-hydrogen) atoms. The highest BCUT2D eigenvalue weighted by Crippen LogP contribution is 2.16. The first kappa shape index (κ1) is 13.5. The van der Waals surface area contributed by atoms with Crippen LogP contribution in [0.2, 0.25) is 0 Å². The Bertz CT molecular complexity index is 296. The first-order valence-corrected chi connectivity index (χ1v) is 6.08. The molecule has 4 heteroatoms. The van der Waals surface area contributed by atoms with Crippen LogP contribution >= 0.6 is 11.6 Å². The number of halogens is 1. The van der Waals surface area contributed by atoms with Crippen molar-refractivity contribution in [2.24, 2.45) is 0 Å². The highest BCUT2D eigenvalue weighted by molar-refractivity contribution is 6.25. The topological polar surface area (TPSA) is 30.3 Å². The molecule has 90 valence electrons. The maximum absolute atomic E-state index is 9.06. The lowest BCUT2D eigenvalue weighted by atomic mass is 10.0. The first-order chi connectivity index (χ1) is 7.49. The van der Waals surface area contributed by atoms with E-state index < -0.39 is 0 Å². The van der Waals surface area contributed by atoms with Gasteiger partial charge in [0.25, 0.3) is 0 Å². The standard InChI is InChI=1S/C12H20ClN3/c1-11(8-13)9-15-4-6-16(7-5-15)12(2,3)10-14/h8H,4-7,9H2,1-3H3. The molecule has 0 atom stereocenters. The minimum Gasteiger partial charge on any atom is -0.297 e. The second kappa shape index (κ2) is 5.67. The molecule has 1 saturated heterocycles. The van der Waals surface area contributed by atoms with E-state index in [2.05, 4.69) is 15.9 Å². The fraction of sp³-hybridized carbons (Fsp3) is 0.750. The minimum atomic E-state index is -0.344. The summed E-state index contributed by atoms with van der Waals surface area (Å²) in [5.74, 6) is 0. The van der Waals surface area contributed by atoms with Crippen LogP contribution in [0.15, 0.2) is 11.1 Å². The van der Waals surface area contributed by atoms with Crippen LogP contribution in [0.3, 0.4) is 0 Å². The molecular formula is C12H20ClN3. The van der Waals surface area contributed by atoms with Crippen LogP contribution in [-0.2, 0) is 0 Å². The maximum Gasteiger partial charge on any atom is 0.103 e. The largest absolute Gasteiger partial charge is 0.297 e. The van der Waals surface area contributed by atoms with Crippen molar-refractivity contribution in [1.29, 1.82) is 5.26 Å². The average Bonchev–Trinajstić information content (AvgIpc) is 2.29. The summed E-state index contributed by atoms with van der Waals surface area (Å²) < 4.78 is 0. The normalized spacial score (nSPS) is 20.8. The van der Waals surface area contributed by atoms with Gasteiger partial charge in [-0.15, -0.1) is 0 Å². The van der Waals surface area contributed by atoms with Crippen molar-refractivity contribution in [1.82, 2.24) is 9.80 Å². The maximum atomic E-state index is 9.06. The van der Waals surface area contributed by atoms with Gasteiger partial charge >= 0.3 is 0 Å². The smallest absolute Gasteiger partial charge is 0.103 e. The van der Waals surface area contributed by atoms with E-state index in [-0.39, 0.29) is 5.54 Å². The summed E-state index contributed by atoms with van der Waals surface area (Å²) in [5, 5.41) is 9.06. The Hall–Kier alpha value is -0.560. The zero-order chi connectivity index (χ0) is 12.2. The zero-order valence-electron chi connectivity index (χ0n) is 10.3. The van der Waals surface area contributed by atoms with Gasteiger partial charge in [-0.25, -0.2) is 0 Å². The number of hydrogen-bond acceptors (Lipinski definition) is 3. The van der Waals surface area contributed by atoms with Crippen LogP contribution < -0.4 is 0 Å². The monoisotopic (exact) mass is 241 g/mol. The lowest BCUT2D eigenvalue weighted by Crippen LogP contribution is -2.54. The average molecular weight is 242 g/mol. The molecule has 0 saturated carbocycles. The van der Waals surface area contributed by atoms with Gasteiger partial charge in [-0.2, -0.15) is 5.26 Å². The number of piperazine rings is 1. The van der Waals surface area contributed by atoms with Gasteiger partial charge in [0, 0.05) is 38.3 Å². The molecule has 0 bridgehead atoms. The van der Waals surface area contributed by atoms with E-state index >= 15 is 0 Å². The van der Waals surface area contributed by atoms with Gasteiger partial charge in [0.15, 0.2) is 0 Å². The van der Waals surface area contributed by atoms with Gasteiger partial charge in [-0.3, -0.25) is 9.80 Å². The fourth-order valence-corrected chi connectivity index (χ4v) is 1.99. The minimum absolute atomic E-state index is 0.344. The Morgan fingerprint density at radius 2 is 1.94 bits per heavy atom. The molecule has 0 aromatic carbocycles. The first-order valence-electron chi connectivity index (χ1n) is 5.64. The molecule has 1 fully saturated rings. The Kier molecular flexibility index (Phi) is 4.79. The summed E-state index contributed by atoms with van der Waals surface area (Å²) in [6.45, 7) is 10.9. The molecule has 3 nitrogen and oxygen atoms in total. The van der Waals surface area contributed by atoms with Crippen molar-refractivity contribution >= 4 is 11.6 Å². The van der Waals surface area contributed by atoms with Crippen LogP contribution in [0.4, 0.5) is 0 Å². The van der Waals surface area contributed by atoms with E-state index in [4.69, 9.17) is 16.9 Å². The second-order valence-corrected chi connectivity index (χ2v) is 5.11. The van der Waals surface area contributed by atoms with Crippen molar-refractivity contribution in [2.45, 2.75) is 26.3 Å². The van der Waals surface area contributed by atoms with Crippen LogP contribution in [0, 0.1) is 11.3 Å². The summed E-state index contributed by atoms with van der Waals surface area (Å²) in [7, 11) is 0. The van der Waals surface area contributed by atoms with E-state index in [0.717, 1.165) is 32.7 Å². The molecule has 1 heterocycles. The van der Waals surface area contributed by atoms with E-state index in [1.54, 1.807) is 5.54 Å². The quantitative estimate of drug-likeness (QED) is 0.758. The van der Waals surface area contributed by atoms with Crippen molar-refractivity contribution in [3.8, 4) is 6.07 Å². The lowest BCUT2D eigenvalue weighted by molar-refractivity contribution is 0.0850. The van der Waals surface area contributed by atoms with Crippen LogP contribution in [0.1, 0.15) is 20.8 Å². The zero-order valence-corrected chi connectivity index (χ0v) is 11.1. The highest BCUT2D eigenvalue weighted by Gasteiger charge is 2.29. The molecule has 0 spiro atoms. The van der Waals surface area contributed by atoms with Crippen LogP contribution in [0.5, 0.6) is 0 Å². The summed E-state index contributed by atoms with van der Waals surface area (Å²) in [6.07, 6.45) is 0. The van der Waals surface area contributed by atoms with Crippen molar-refractivity contribution in [3.63, 3.8) is 0 Å². The summed E-state index contributed by atoms with van der Waals surface area (Å²) in [4.78, 5) is 4.61. The molecular weight excluding hydrogens is 222 g/mol. The molecule has 0 aromatic heterocycles. The van der Waals surface area contributed by atoms with E-state index in [0.29, 0.717) is 0 Å². The van der Waals surface area contributed by atoms with Gasteiger partial charge in [-0.1, -0.05) is 11.6 Å². The molecule has 1 aliphatic rings. The molecule has 0 amide bonds. The highest BCUT2D eigenvalue weighted by atomic mass is 35.5. The number of hydrogen-bond donors (Lipinski definition) is 0. The predicted octanol–water partition coefficient (Wildman–Crippen LogP) is 2.05. The van der Waals surface area contributed by atoms with E-state index in [9.17, 15) is 0 Å². The summed E-state index contributed by atoms with van der Waals surface area (Å²) >= 11 is 5.65. The summed E-state index contributed by atoms with van der Waals surface area (Å²) in [5.41, 5.74) is 2.49. The van der Waals surface area contributed by atoms with E-state index in [1.165, 1.54) is 5.57 Å². The molecule has 0 unspecified atom stereocenters.